The van der Waals surface area contributed by atoms with Crippen molar-refractivity contribution in [3.63, 3.8) is 0 Å². The van der Waals surface area contributed by atoms with Crippen LogP contribution in [0.2, 0.25) is 5.02 Å². The van der Waals surface area contributed by atoms with Gasteiger partial charge in [-0.25, -0.2) is 0 Å². The van der Waals surface area contributed by atoms with Gasteiger partial charge in [0.1, 0.15) is 0 Å². The van der Waals surface area contributed by atoms with Crippen molar-refractivity contribution in [2.45, 2.75) is 25.8 Å². The van der Waals surface area contributed by atoms with E-state index in [2.05, 4.69) is 5.32 Å². The number of carbonyl (C=O) groups is 1. The number of halogens is 1. The summed E-state index contributed by atoms with van der Waals surface area (Å²) in [5, 5.41) is 3.61. The summed E-state index contributed by atoms with van der Waals surface area (Å²) < 4.78 is 0. The van der Waals surface area contributed by atoms with Gasteiger partial charge in [0, 0.05) is 11.4 Å². The highest BCUT2D eigenvalue weighted by molar-refractivity contribution is 6.30. The maximum absolute atomic E-state index is 11.5. The molecule has 16 heavy (non-hydrogen) atoms. The number of amides is 1. The third-order valence-electron chi connectivity index (χ3n) is 2.36. The first-order valence-electron chi connectivity index (χ1n) is 5.38. The molecule has 0 aromatic heterocycles. The summed E-state index contributed by atoms with van der Waals surface area (Å²) in [6, 6.07) is 7.47. The first-order valence-corrected chi connectivity index (χ1v) is 5.76. The van der Waals surface area contributed by atoms with Crippen molar-refractivity contribution >= 4 is 17.5 Å². The molecule has 0 aliphatic carbocycles. The largest absolute Gasteiger partial charge is 0.350 e. The minimum atomic E-state index is 0.00235. The Balaban J connectivity index is 2.48. The Bertz CT molecular complexity index is 337. The molecule has 4 heteroatoms. The van der Waals surface area contributed by atoms with E-state index >= 15 is 0 Å². The summed E-state index contributed by atoms with van der Waals surface area (Å²) in [5.41, 5.74) is 6.39. The summed E-state index contributed by atoms with van der Waals surface area (Å²) in [6.07, 6.45) is 1.20. The Morgan fingerprint density at radius 2 is 2.06 bits per heavy atom. The maximum Gasteiger partial charge on any atom is 0.220 e. The van der Waals surface area contributed by atoms with Crippen LogP contribution < -0.4 is 11.1 Å². The lowest BCUT2D eigenvalue weighted by atomic mass is 10.1. The van der Waals surface area contributed by atoms with Gasteiger partial charge in [-0.05, 0) is 37.6 Å². The highest BCUT2D eigenvalue weighted by atomic mass is 35.5. The molecule has 0 aliphatic rings. The summed E-state index contributed by atoms with van der Waals surface area (Å²) in [4.78, 5) is 11.5. The Kier molecular flexibility index (Phi) is 5.29. The van der Waals surface area contributed by atoms with Crippen LogP contribution in [0.15, 0.2) is 24.3 Å². The van der Waals surface area contributed by atoms with Crippen molar-refractivity contribution in [1.29, 1.82) is 0 Å². The second kappa shape index (κ2) is 6.51. The van der Waals surface area contributed by atoms with Crippen LogP contribution >= 0.6 is 11.6 Å². The molecule has 3 nitrogen and oxygen atoms in total. The molecule has 3 N–H and O–H groups in total. The molecule has 88 valence electrons. The number of hydrogen-bond acceptors (Lipinski definition) is 2. The number of carbonyl (C=O) groups excluding carboxylic acids is 1. The normalized spacial score (nSPS) is 12.2. The van der Waals surface area contributed by atoms with Crippen molar-refractivity contribution < 1.29 is 4.79 Å². The number of rotatable bonds is 5. The fourth-order valence-electron chi connectivity index (χ4n) is 1.41. The van der Waals surface area contributed by atoms with Crippen LogP contribution in [0.4, 0.5) is 0 Å². The molecule has 1 amide bonds. The molecule has 0 bridgehead atoms. The molecule has 1 atom stereocenters. The van der Waals surface area contributed by atoms with Gasteiger partial charge in [-0.3, -0.25) is 4.79 Å². The highest BCUT2D eigenvalue weighted by Crippen LogP contribution is 2.16. The molecule has 0 aliphatic heterocycles. The van der Waals surface area contributed by atoms with E-state index in [0.29, 0.717) is 18.0 Å². The number of benzene rings is 1. The molecule has 0 saturated carbocycles. The minimum absolute atomic E-state index is 0.00235. The van der Waals surface area contributed by atoms with E-state index in [4.69, 9.17) is 17.3 Å². The third-order valence-corrected chi connectivity index (χ3v) is 2.61. The van der Waals surface area contributed by atoms with Gasteiger partial charge in [-0.1, -0.05) is 23.7 Å². The summed E-state index contributed by atoms with van der Waals surface area (Å²) >= 11 is 5.79. The third kappa shape index (κ3) is 4.21. The predicted molar refractivity (Wildman–Crippen MR) is 66.3 cm³/mol. The smallest absolute Gasteiger partial charge is 0.220 e. The molecule has 0 heterocycles. The fraction of sp³-hybridized carbons (Fsp3) is 0.417. The average molecular weight is 241 g/mol. The van der Waals surface area contributed by atoms with E-state index in [1.807, 2.05) is 31.2 Å². The number of nitrogens with two attached hydrogens (primary N) is 1. The van der Waals surface area contributed by atoms with Crippen molar-refractivity contribution in [3.05, 3.63) is 34.9 Å². The van der Waals surface area contributed by atoms with E-state index in [-0.39, 0.29) is 11.9 Å². The van der Waals surface area contributed by atoms with Crippen molar-refractivity contribution in [2.24, 2.45) is 5.73 Å². The lowest BCUT2D eigenvalue weighted by Crippen LogP contribution is -2.26. The van der Waals surface area contributed by atoms with Gasteiger partial charge in [-0.2, -0.15) is 0 Å². The summed E-state index contributed by atoms with van der Waals surface area (Å²) in [6.45, 7) is 2.49. The van der Waals surface area contributed by atoms with Crippen LogP contribution in [-0.4, -0.2) is 12.5 Å². The van der Waals surface area contributed by atoms with Gasteiger partial charge in [-0.15, -0.1) is 0 Å². The van der Waals surface area contributed by atoms with E-state index < -0.39 is 0 Å². The predicted octanol–water partition coefficient (Wildman–Crippen LogP) is 2.26. The number of hydrogen-bond donors (Lipinski definition) is 2. The number of nitrogens with one attached hydrogen (secondary N) is 1. The zero-order valence-corrected chi connectivity index (χ0v) is 10.1. The second-order valence-electron chi connectivity index (χ2n) is 3.73. The Morgan fingerprint density at radius 1 is 1.44 bits per heavy atom. The standard InChI is InChI=1S/C12H17ClN2O/c1-9(15-12(16)3-2-8-14)10-4-6-11(13)7-5-10/h4-7,9H,2-3,8,14H2,1H3,(H,15,16). The van der Waals surface area contributed by atoms with E-state index in [0.717, 1.165) is 12.0 Å². The van der Waals surface area contributed by atoms with E-state index in [1.54, 1.807) is 0 Å². The van der Waals surface area contributed by atoms with E-state index in [9.17, 15) is 4.79 Å². The Hall–Kier alpha value is -1.06. The molecular weight excluding hydrogens is 224 g/mol. The average Bonchev–Trinajstić information content (AvgIpc) is 2.27. The van der Waals surface area contributed by atoms with Crippen molar-refractivity contribution in [2.75, 3.05) is 6.54 Å². The topological polar surface area (TPSA) is 55.1 Å². The molecule has 1 rings (SSSR count). The first-order chi connectivity index (χ1) is 7.63. The lowest BCUT2D eigenvalue weighted by Gasteiger charge is -2.14. The molecular formula is C12H17ClN2O. The summed E-state index contributed by atoms with van der Waals surface area (Å²) in [5.74, 6) is 0.0351. The van der Waals surface area contributed by atoms with Crippen LogP contribution in [0.25, 0.3) is 0 Å². The van der Waals surface area contributed by atoms with Gasteiger partial charge >= 0.3 is 0 Å². The molecule has 1 aromatic rings. The van der Waals surface area contributed by atoms with Gasteiger partial charge < -0.3 is 11.1 Å². The van der Waals surface area contributed by atoms with Crippen LogP contribution in [-0.2, 0) is 4.79 Å². The SMILES string of the molecule is CC(NC(=O)CCCN)c1ccc(Cl)cc1. The highest BCUT2D eigenvalue weighted by Gasteiger charge is 2.08. The molecule has 1 aromatic carbocycles. The molecule has 0 saturated heterocycles. The zero-order valence-electron chi connectivity index (χ0n) is 9.37. The van der Waals surface area contributed by atoms with Crippen LogP contribution in [0.1, 0.15) is 31.4 Å². The maximum atomic E-state index is 11.5. The van der Waals surface area contributed by atoms with Gasteiger partial charge in [0.05, 0.1) is 6.04 Å². The molecule has 0 fully saturated rings. The zero-order chi connectivity index (χ0) is 12.0. The van der Waals surface area contributed by atoms with Gasteiger partial charge in [0.15, 0.2) is 0 Å². The summed E-state index contributed by atoms with van der Waals surface area (Å²) in [7, 11) is 0. The molecule has 0 spiro atoms. The second-order valence-corrected chi connectivity index (χ2v) is 4.17. The first kappa shape index (κ1) is 13.0. The lowest BCUT2D eigenvalue weighted by molar-refractivity contribution is -0.121. The Morgan fingerprint density at radius 3 is 2.62 bits per heavy atom. The van der Waals surface area contributed by atoms with Gasteiger partial charge in [0.25, 0.3) is 0 Å². The molecule has 0 radical (unpaired) electrons. The van der Waals surface area contributed by atoms with Gasteiger partial charge in [0.2, 0.25) is 5.91 Å². The van der Waals surface area contributed by atoms with Crippen molar-refractivity contribution in [3.8, 4) is 0 Å². The van der Waals surface area contributed by atoms with Crippen LogP contribution in [0.3, 0.4) is 0 Å². The minimum Gasteiger partial charge on any atom is -0.350 e. The fourth-order valence-corrected chi connectivity index (χ4v) is 1.54. The quantitative estimate of drug-likeness (QED) is 0.830. The van der Waals surface area contributed by atoms with E-state index in [1.165, 1.54) is 0 Å². The molecule has 1 unspecified atom stereocenters. The monoisotopic (exact) mass is 240 g/mol. The van der Waals surface area contributed by atoms with Crippen LogP contribution in [0, 0.1) is 0 Å². The van der Waals surface area contributed by atoms with Crippen LogP contribution in [0.5, 0.6) is 0 Å². The Labute approximate surface area is 101 Å². The van der Waals surface area contributed by atoms with Crippen molar-refractivity contribution in [1.82, 2.24) is 5.32 Å².